The number of hydrogen-bond acceptors (Lipinski definition) is 8. The summed E-state index contributed by atoms with van der Waals surface area (Å²) in [5, 5.41) is 3.25. The smallest absolute Gasteiger partial charge is 0.474 e. The van der Waals surface area contributed by atoms with Gasteiger partial charge in [-0.1, -0.05) is 0 Å². The fraction of sp³-hybridized carbons (Fsp3) is 0.429. The molecule has 1 saturated heterocycles. The van der Waals surface area contributed by atoms with Crippen molar-refractivity contribution in [2.24, 2.45) is 0 Å². The number of benzene rings is 1. The summed E-state index contributed by atoms with van der Waals surface area (Å²) in [5.74, 6) is 0.991. The average molecular weight is 630 g/mol. The molecular weight excluding hydrogens is 600 g/mol. The van der Waals surface area contributed by atoms with Crippen molar-refractivity contribution in [1.29, 1.82) is 0 Å². The maximum atomic E-state index is 12.8. The van der Waals surface area contributed by atoms with Crippen molar-refractivity contribution >= 4 is 27.0 Å². The van der Waals surface area contributed by atoms with Gasteiger partial charge in [-0.25, -0.2) is 18.4 Å². The number of nitrogens with one attached hydrogen (secondary N) is 1. The zero-order valence-corrected chi connectivity index (χ0v) is 23.6. The van der Waals surface area contributed by atoms with Crippen molar-refractivity contribution in [3.8, 4) is 5.88 Å². The normalized spacial score (nSPS) is 20.1. The lowest BCUT2D eigenvalue weighted by molar-refractivity contribution is -0.137. The van der Waals surface area contributed by atoms with Crippen LogP contribution in [0, 0.1) is 0 Å². The van der Waals surface area contributed by atoms with Gasteiger partial charge in [0.15, 0.2) is 0 Å². The van der Waals surface area contributed by atoms with E-state index < -0.39 is 32.0 Å². The first kappa shape index (κ1) is 30.7. The Balaban J connectivity index is 1.09. The van der Waals surface area contributed by atoms with Crippen LogP contribution in [-0.2, 0) is 16.0 Å². The van der Waals surface area contributed by atoms with Crippen molar-refractivity contribution < 1.29 is 39.5 Å². The average Bonchev–Trinajstić information content (AvgIpc) is 2.98. The number of halogens is 6. The summed E-state index contributed by atoms with van der Waals surface area (Å²) in [5.41, 5.74) is -4.66. The number of alkyl halides is 6. The molecule has 43 heavy (non-hydrogen) atoms. The Labute approximate surface area is 244 Å². The van der Waals surface area contributed by atoms with Crippen LogP contribution >= 0.6 is 0 Å². The number of anilines is 3. The molecule has 0 spiro atoms. The van der Waals surface area contributed by atoms with Gasteiger partial charge in [0.25, 0.3) is 9.84 Å². The number of ether oxygens (including phenoxy) is 1. The van der Waals surface area contributed by atoms with Gasteiger partial charge in [-0.15, -0.1) is 0 Å². The molecular formula is C28H29F6N5O3S. The number of pyridine rings is 2. The van der Waals surface area contributed by atoms with E-state index in [4.69, 9.17) is 4.74 Å². The van der Waals surface area contributed by atoms with E-state index in [1.165, 1.54) is 18.2 Å². The Morgan fingerprint density at radius 2 is 1.47 bits per heavy atom. The highest BCUT2D eigenvalue weighted by Crippen LogP contribution is 2.32. The fourth-order valence-corrected chi connectivity index (χ4v) is 5.95. The Bertz CT molecular complexity index is 1490. The molecule has 0 unspecified atom stereocenters. The van der Waals surface area contributed by atoms with Crippen LogP contribution in [-0.4, -0.2) is 62.2 Å². The SMILES string of the molecule is O=S(=O)(c1ccc(N[C@H]2CC[C@H](Oc3cc(N4CCN(c5ccc(C(F)(F)F)cn5)CC4)ccn3)CC2)cc1)C(F)(F)F. The van der Waals surface area contributed by atoms with Crippen LogP contribution in [0.2, 0.25) is 0 Å². The summed E-state index contributed by atoms with van der Waals surface area (Å²) in [6.45, 7) is 2.47. The number of hydrogen-bond donors (Lipinski definition) is 1. The molecule has 0 bridgehead atoms. The van der Waals surface area contributed by atoms with Crippen LogP contribution in [0.3, 0.4) is 0 Å². The van der Waals surface area contributed by atoms with Gasteiger partial charge >= 0.3 is 11.7 Å². The minimum Gasteiger partial charge on any atom is -0.474 e. The molecule has 232 valence electrons. The summed E-state index contributed by atoms with van der Waals surface area (Å²) in [4.78, 5) is 11.6. The Morgan fingerprint density at radius 1 is 0.814 bits per heavy atom. The van der Waals surface area contributed by atoms with Gasteiger partial charge in [-0.05, 0) is 68.1 Å². The minimum atomic E-state index is -5.38. The van der Waals surface area contributed by atoms with Crippen LogP contribution in [0.1, 0.15) is 31.2 Å². The number of nitrogens with zero attached hydrogens (tertiary/aromatic N) is 4. The maximum absolute atomic E-state index is 12.8. The summed E-state index contributed by atoms with van der Waals surface area (Å²) in [6, 6.07) is 10.8. The molecule has 2 aliphatic rings. The van der Waals surface area contributed by atoms with Gasteiger partial charge in [-0.3, -0.25) is 0 Å². The topological polar surface area (TPSA) is 87.7 Å². The second-order valence-electron chi connectivity index (χ2n) is 10.4. The monoisotopic (exact) mass is 629 g/mol. The van der Waals surface area contributed by atoms with Gasteiger partial charge in [0, 0.05) is 62.1 Å². The molecule has 15 heteroatoms. The molecule has 0 radical (unpaired) electrons. The number of piperazine rings is 1. The first-order valence-corrected chi connectivity index (χ1v) is 15.1. The number of aromatic nitrogens is 2. The van der Waals surface area contributed by atoms with Gasteiger partial charge in [0.1, 0.15) is 11.9 Å². The molecule has 1 aromatic carbocycles. The standard InChI is InChI=1S/C28H29F6N5O3S/c29-27(30,31)19-1-10-25(36-18-19)39-15-13-38(14-16-39)22-11-12-35-26(17-22)42-23-6-2-20(3-7-23)37-21-4-8-24(9-5-21)43(40,41)28(32,33)34/h1,4-5,8-12,17-18,20,23,37H,2-3,6-7,13-16H2/t20-,23-. The van der Waals surface area contributed by atoms with Crippen LogP contribution in [0.15, 0.2) is 65.8 Å². The zero-order chi connectivity index (χ0) is 30.8. The Kier molecular flexibility index (Phi) is 8.63. The lowest BCUT2D eigenvalue weighted by atomic mass is 9.92. The van der Waals surface area contributed by atoms with Crippen molar-refractivity contribution in [1.82, 2.24) is 9.97 Å². The van der Waals surface area contributed by atoms with Crippen molar-refractivity contribution in [2.45, 2.75) is 54.4 Å². The predicted octanol–water partition coefficient (Wildman–Crippen LogP) is 5.92. The Hall–Kier alpha value is -3.75. The second-order valence-corrected chi connectivity index (χ2v) is 12.4. The third-order valence-corrected chi connectivity index (χ3v) is 9.07. The maximum Gasteiger partial charge on any atom is 0.501 e. The zero-order valence-electron chi connectivity index (χ0n) is 22.8. The molecule has 5 rings (SSSR count). The highest BCUT2D eigenvalue weighted by molar-refractivity contribution is 7.92. The lowest BCUT2D eigenvalue weighted by Crippen LogP contribution is -2.46. The minimum absolute atomic E-state index is 0.0552. The molecule has 3 heterocycles. The Morgan fingerprint density at radius 3 is 2.05 bits per heavy atom. The highest BCUT2D eigenvalue weighted by atomic mass is 32.2. The highest BCUT2D eigenvalue weighted by Gasteiger charge is 2.46. The second kappa shape index (κ2) is 12.1. The molecule has 2 fully saturated rings. The molecule has 8 nitrogen and oxygen atoms in total. The molecule has 1 aliphatic heterocycles. The van der Waals surface area contributed by atoms with Crippen molar-refractivity contribution in [2.75, 3.05) is 41.3 Å². The largest absolute Gasteiger partial charge is 0.501 e. The number of sulfone groups is 1. The van der Waals surface area contributed by atoms with E-state index in [-0.39, 0.29) is 12.1 Å². The number of rotatable bonds is 7. The van der Waals surface area contributed by atoms with E-state index in [9.17, 15) is 34.8 Å². The van der Waals surface area contributed by atoms with E-state index in [0.717, 1.165) is 55.8 Å². The first-order chi connectivity index (χ1) is 20.3. The summed E-state index contributed by atoms with van der Waals surface area (Å²) in [6.07, 6.45) is 0.970. The quantitative estimate of drug-likeness (QED) is 0.323. The van der Waals surface area contributed by atoms with Crippen molar-refractivity contribution in [3.05, 3.63) is 66.5 Å². The molecule has 0 atom stereocenters. The van der Waals surface area contributed by atoms with Crippen LogP contribution in [0.5, 0.6) is 5.88 Å². The summed E-state index contributed by atoms with van der Waals surface area (Å²) >= 11 is 0. The van der Waals surface area contributed by atoms with E-state index >= 15 is 0 Å². The molecule has 0 amide bonds. The van der Waals surface area contributed by atoms with Crippen LogP contribution in [0.4, 0.5) is 43.5 Å². The third kappa shape index (κ3) is 7.25. The van der Waals surface area contributed by atoms with E-state index in [1.807, 2.05) is 17.0 Å². The van der Waals surface area contributed by atoms with Gasteiger partial charge in [0.05, 0.1) is 10.5 Å². The fourth-order valence-electron chi connectivity index (χ4n) is 5.19. The van der Waals surface area contributed by atoms with E-state index in [1.54, 1.807) is 6.20 Å². The third-order valence-electron chi connectivity index (χ3n) is 7.56. The lowest BCUT2D eigenvalue weighted by Gasteiger charge is -2.37. The first-order valence-electron chi connectivity index (χ1n) is 13.6. The molecule has 1 N–H and O–H groups in total. The summed E-state index contributed by atoms with van der Waals surface area (Å²) < 4.78 is 106. The molecule has 3 aromatic rings. The predicted molar refractivity (Wildman–Crippen MR) is 148 cm³/mol. The van der Waals surface area contributed by atoms with E-state index in [0.29, 0.717) is 43.6 Å². The van der Waals surface area contributed by atoms with Crippen molar-refractivity contribution in [3.63, 3.8) is 0 Å². The molecule has 2 aromatic heterocycles. The molecule has 1 aliphatic carbocycles. The summed E-state index contributed by atoms with van der Waals surface area (Å²) in [7, 11) is -5.38. The van der Waals surface area contributed by atoms with E-state index in [2.05, 4.69) is 20.2 Å². The van der Waals surface area contributed by atoms with Crippen LogP contribution in [0.25, 0.3) is 0 Å². The molecule has 1 saturated carbocycles. The van der Waals surface area contributed by atoms with Gasteiger partial charge < -0.3 is 19.9 Å². The van der Waals surface area contributed by atoms with Crippen LogP contribution < -0.4 is 19.9 Å². The van der Waals surface area contributed by atoms with Gasteiger partial charge in [-0.2, -0.15) is 26.3 Å². The van der Waals surface area contributed by atoms with Gasteiger partial charge in [0.2, 0.25) is 5.88 Å².